The van der Waals surface area contributed by atoms with Crippen LogP contribution in [0.25, 0.3) is 53.0 Å². The van der Waals surface area contributed by atoms with E-state index >= 15 is 0 Å². The molecule has 0 bridgehead atoms. The number of benzene rings is 2. The number of fused-ring (bicyclic) bond motifs is 9. The largest absolute Gasteiger partial charge is 0.337 e. The first-order valence-electron chi connectivity index (χ1n) is 17.8. The maximum atomic E-state index is 14.0. The molecule has 2 unspecified atom stereocenters. The Kier molecular flexibility index (Phi) is 8.11. The number of hydrogen-bond donors (Lipinski definition) is 0. The fraction of sp³-hybridized carbons (Fsp3) is 0.238. The molecule has 2 atom stereocenters. The number of ketones is 4. The quantitative estimate of drug-likeness (QED) is 0.114. The van der Waals surface area contributed by atoms with Crippen LogP contribution in [0.5, 0.6) is 0 Å². The Balaban J connectivity index is 1.22. The summed E-state index contributed by atoms with van der Waals surface area (Å²) in [5.41, 5.74) is 4.20. The van der Waals surface area contributed by atoms with Gasteiger partial charge in [-0.15, -0.1) is 34.0 Å². The standard InChI is InChI=1S/C42H31F3N2O4S3/c1-5-18(3)16-46-31-12-21(10-27-35(48)23-8-7-20(43)9-24(23)36(27)49)52-39(31)41-33(46)34-42(54-41)40-32(47(34)17-19(4)6-2)13-22(53-40)11-28-37(50)25-14-29(44)30(45)15-26(25)38(28)51/h7-15,18-19H,5-6,16-17H2,1-4H3/b27-10+. The molecule has 0 spiro atoms. The molecule has 0 fully saturated rings. The van der Waals surface area contributed by atoms with Crippen molar-refractivity contribution in [2.75, 3.05) is 0 Å². The molecular weight excluding hydrogens is 750 g/mol. The van der Waals surface area contributed by atoms with Gasteiger partial charge in [0, 0.05) is 45.1 Å². The smallest absolute Gasteiger partial charge is 0.197 e. The van der Waals surface area contributed by atoms with Gasteiger partial charge in [0.25, 0.3) is 0 Å². The number of hydrogen-bond acceptors (Lipinski definition) is 7. The van der Waals surface area contributed by atoms with Crippen molar-refractivity contribution < 1.29 is 32.3 Å². The van der Waals surface area contributed by atoms with Crippen LogP contribution in [0, 0.1) is 29.3 Å². The molecule has 0 amide bonds. The molecule has 9 rings (SSSR count). The number of carbonyl (C=O) groups is 4. The van der Waals surface area contributed by atoms with E-state index in [1.54, 1.807) is 17.4 Å². The molecule has 12 heteroatoms. The first-order valence-corrected chi connectivity index (χ1v) is 20.2. The highest BCUT2D eigenvalue weighted by Crippen LogP contribution is 2.50. The van der Waals surface area contributed by atoms with Gasteiger partial charge in [-0.3, -0.25) is 19.2 Å². The molecule has 0 N–H and O–H groups in total. The van der Waals surface area contributed by atoms with E-state index in [0.29, 0.717) is 16.7 Å². The van der Waals surface area contributed by atoms with Gasteiger partial charge in [-0.05, 0) is 66.5 Å². The Morgan fingerprint density at radius 2 is 1.00 bits per heavy atom. The number of rotatable bonds is 8. The van der Waals surface area contributed by atoms with Gasteiger partial charge in [-0.1, -0.05) is 40.5 Å². The SMILES string of the molecule is CCC(C)Cn1c2cc(C=C3C(=O)c4cc(F)c(F)cc4C3=O)sc2c2sc3c4sc(/C=C5\C(=O)c6ccc(F)cc6C5=O)cc4n(CC(C)CC)c3c21. The van der Waals surface area contributed by atoms with E-state index in [0.717, 1.165) is 89.9 Å². The molecule has 2 aliphatic carbocycles. The first-order chi connectivity index (χ1) is 25.9. The number of thiophene rings is 3. The normalized spacial score (nSPS) is 16.4. The van der Waals surface area contributed by atoms with Gasteiger partial charge in [0.05, 0.1) is 52.0 Å². The van der Waals surface area contributed by atoms with E-state index in [2.05, 4.69) is 36.8 Å². The van der Waals surface area contributed by atoms with Crippen molar-refractivity contribution in [2.24, 2.45) is 11.8 Å². The topological polar surface area (TPSA) is 78.1 Å². The van der Waals surface area contributed by atoms with E-state index in [1.807, 2.05) is 12.1 Å². The van der Waals surface area contributed by atoms with Crippen molar-refractivity contribution in [3.63, 3.8) is 0 Å². The first kappa shape index (κ1) is 34.8. The number of carbonyl (C=O) groups excluding carboxylic acids is 4. The maximum absolute atomic E-state index is 14.0. The van der Waals surface area contributed by atoms with Crippen LogP contribution in [0.2, 0.25) is 0 Å². The molecule has 6 nitrogen and oxygen atoms in total. The molecule has 7 aromatic rings. The monoisotopic (exact) mass is 780 g/mol. The fourth-order valence-electron chi connectivity index (χ4n) is 7.55. The highest BCUT2D eigenvalue weighted by Gasteiger charge is 2.36. The Morgan fingerprint density at radius 3 is 1.44 bits per heavy atom. The van der Waals surface area contributed by atoms with Crippen molar-refractivity contribution in [1.29, 1.82) is 0 Å². The second-order valence-electron chi connectivity index (χ2n) is 14.4. The Bertz CT molecular complexity index is 2870. The summed E-state index contributed by atoms with van der Waals surface area (Å²) in [6.45, 7) is 10.2. The van der Waals surface area contributed by atoms with Gasteiger partial charge in [-0.2, -0.15) is 0 Å². The molecule has 2 aromatic carbocycles. The summed E-state index contributed by atoms with van der Waals surface area (Å²) in [5, 5.41) is 0. The lowest BCUT2D eigenvalue weighted by Gasteiger charge is -2.15. The van der Waals surface area contributed by atoms with Crippen LogP contribution in [0.4, 0.5) is 13.2 Å². The van der Waals surface area contributed by atoms with Crippen molar-refractivity contribution in [3.05, 3.63) is 103 Å². The van der Waals surface area contributed by atoms with Crippen LogP contribution >= 0.6 is 34.0 Å². The predicted molar refractivity (Wildman–Crippen MR) is 211 cm³/mol. The van der Waals surface area contributed by atoms with E-state index < -0.39 is 40.6 Å². The van der Waals surface area contributed by atoms with Gasteiger partial charge in [0.15, 0.2) is 34.8 Å². The molecule has 0 saturated carbocycles. The molecule has 5 aromatic heterocycles. The Morgan fingerprint density at radius 1 is 0.574 bits per heavy atom. The van der Waals surface area contributed by atoms with Gasteiger partial charge < -0.3 is 9.13 Å². The minimum atomic E-state index is -1.17. The summed E-state index contributed by atoms with van der Waals surface area (Å²) in [6.07, 6.45) is 5.09. The van der Waals surface area contributed by atoms with E-state index in [-0.39, 0.29) is 33.4 Å². The second-order valence-corrected chi connectivity index (χ2v) is 17.6. The molecule has 272 valence electrons. The highest BCUT2D eigenvalue weighted by atomic mass is 32.1. The predicted octanol–water partition coefficient (Wildman–Crippen LogP) is 11.5. The molecule has 0 radical (unpaired) electrons. The highest BCUT2D eigenvalue weighted by molar-refractivity contribution is 7.34. The van der Waals surface area contributed by atoms with Crippen molar-refractivity contribution >= 4 is 110 Å². The molecule has 54 heavy (non-hydrogen) atoms. The van der Waals surface area contributed by atoms with Crippen LogP contribution in [0.1, 0.15) is 91.7 Å². The average molecular weight is 781 g/mol. The number of allylic oxidation sites excluding steroid dienone is 2. The summed E-state index contributed by atoms with van der Waals surface area (Å²) >= 11 is 4.66. The van der Waals surface area contributed by atoms with Gasteiger partial charge in [-0.25, -0.2) is 13.2 Å². The molecule has 0 aliphatic heterocycles. The lowest BCUT2D eigenvalue weighted by Crippen LogP contribution is -2.09. The summed E-state index contributed by atoms with van der Waals surface area (Å²) < 4.78 is 51.0. The molecule has 0 saturated heterocycles. The van der Waals surface area contributed by atoms with Crippen molar-refractivity contribution in [1.82, 2.24) is 9.13 Å². The van der Waals surface area contributed by atoms with Crippen molar-refractivity contribution in [2.45, 2.75) is 53.6 Å². The number of aromatic nitrogens is 2. The van der Waals surface area contributed by atoms with Gasteiger partial charge in [0.1, 0.15) is 5.82 Å². The number of halogens is 3. The third-order valence-electron chi connectivity index (χ3n) is 10.8. The number of nitrogens with zero attached hydrogens (tertiary/aromatic N) is 2. The lowest BCUT2D eigenvalue weighted by molar-refractivity contribution is 0.0975. The van der Waals surface area contributed by atoms with Crippen LogP contribution in [0.15, 0.2) is 53.6 Å². The lowest BCUT2D eigenvalue weighted by atomic mass is 10.1. The van der Waals surface area contributed by atoms with E-state index in [1.165, 1.54) is 40.9 Å². The molecular formula is C42H31F3N2O4S3. The molecule has 5 heterocycles. The number of Topliss-reactive ketones (excluding diaryl/α,β-unsaturated/α-hetero) is 4. The third-order valence-corrected chi connectivity index (χ3v) is 14.4. The maximum Gasteiger partial charge on any atom is 0.197 e. The van der Waals surface area contributed by atoms with Crippen LogP contribution < -0.4 is 0 Å². The Hall–Kier alpha value is -4.91. The third kappa shape index (κ3) is 5.10. The fourth-order valence-corrected chi connectivity index (χ4v) is 11.3. The van der Waals surface area contributed by atoms with E-state index in [4.69, 9.17) is 0 Å². The average Bonchev–Trinajstić information content (AvgIpc) is 4.00. The second kappa shape index (κ2) is 12.6. The van der Waals surface area contributed by atoms with Crippen molar-refractivity contribution in [3.8, 4) is 0 Å². The summed E-state index contributed by atoms with van der Waals surface area (Å²) in [7, 11) is 0. The zero-order valence-corrected chi connectivity index (χ0v) is 32.0. The van der Waals surface area contributed by atoms with Crippen LogP contribution in [0.3, 0.4) is 0 Å². The molecule has 2 aliphatic rings. The summed E-state index contributed by atoms with van der Waals surface area (Å²) in [6, 6.07) is 9.30. The summed E-state index contributed by atoms with van der Waals surface area (Å²) in [4.78, 5) is 54.4. The zero-order valence-electron chi connectivity index (χ0n) is 29.6. The summed E-state index contributed by atoms with van der Waals surface area (Å²) in [5.74, 6) is -4.34. The van der Waals surface area contributed by atoms with Crippen LogP contribution in [-0.2, 0) is 13.1 Å². The van der Waals surface area contributed by atoms with Gasteiger partial charge >= 0.3 is 0 Å². The Labute approximate surface area is 318 Å². The van der Waals surface area contributed by atoms with E-state index in [9.17, 15) is 32.3 Å². The van der Waals surface area contributed by atoms with Crippen LogP contribution in [-0.4, -0.2) is 32.3 Å². The minimum absolute atomic E-state index is 0.0279. The zero-order chi connectivity index (χ0) is 37.9. The van der Waals surface area contributed by atoms with Gasteiger partial charge in [0.2, 0.25) is 0 Å². The minimum Gasteiger partial charge on any atom is -0.337 e.